The van der Waals surface area contributed by atoms with Crippen LogP contribution in [-0.4, -0.2) is 57.3 Å². The molecule has 0 spiro atoms. The Balaban J connectivity index is 1.69. The van der Waals surface area contributed by atoms with Crippen LogP contribution in [0.25, 0.3) is 22.3 Å². The molecule has 1 unspecified atom stereocenters. The van der Waals surface area contributed by atoms with Crippen LogP contribution >= 0.6 is 0 Å². The smallest absolute Gasteiger partial charge is 0.200 e. The lowest BCUT2D eigenvalue weighted by Crippen LogP contribution is -2.32. The molecular formula is C40H38O12. The number of rotatable bonds is 8. The number of carbonyl (C=O) groups excluding carboxylic acids is 1. The Hall–Kier alpha value is -6.14. The summed E-state index contributed by atoms with van der Waals surface area (Å²) in [7, 11) is 0. The van der Waals surface area contributed by atoms with Gasteiger partial charge in [0.1, 0.15) is 62.7 Å². The molecule has 1 heterocycles. The van der Waals surface area contributed by atoms with E-state index in [-0.39, 0.29) is 86.8 Å². The summed E-state index contributed by atoms with van der Waals surface area (Å²) in [6.45, 7) is 4.86. The number of phenolic OH excluding ortho intramolecular Hbond substituents is 8. The van der Waals surface area contributed by atoms with Gasteiger partial charge in [-0.15, -0.1) is 0 Å². The minimum absolute atomic E-state index is 0.0137. The number of carbonyl (C=O) groups is 1. The third-order valence-corrected chi connectivity index (χ3v) is 9.59. The number of Topliss-reactive ketones (excluding diaryl/α,β-unsaturated/α-hetero) is 1. The van der Waals surface area contributed by atoms with E-state index in [0.717, 1.165) is 24.3 Å². The van der Waals surface area contributed by atoms with E-state index in [2.05, 4.69) is 0 Å². The maximum atomic E-state index is 14.7. The Bertz CT molecular complexity index is 2330. The monoisotopic (exact) mass is 710 g/mol. The van der Waals surface area contributed by atoms with E-state index in [1.54, 1.807) is 26.8 Å². The summed E-state index contributed by atoms with van der Waals surface area (Å²) >= 11 is 0. The maximum Gasteiger partial charge on any atom is 0.200 e. The molecule has 270 valence electrons. The quantitative estimate of drug-likeness (QED) is 0.0619. The summed E-state index contributed by atoms with van der Waals surface area (Å²) in [5, 5.41) is 95.8. The predicted octanol–water partition coefficient (Wildman–Crippen LogP) is 6.52. The van der Waals surface area contributed by atoms with Crippen LogP contribution in [0.1, 0.15) is 72.5 Å². The largest absolute Gasteiger partial charge is 0.508 e. The van der Waals surface area contributed by atoms with Crippen LogP contribution in [0.2, 0.25) is 0 Å². The summed E-state index contributed by atoms with van der Waals surface area (Å²) < 4.78 is 6.43. The van der Waals surface area contributed by atoms with Gasteiger partial charge in [-0.05, 0) is 75.9 Å². The molecule has 6 rings (SSSR count). The molecule has 0 radical (unpaired) electrons. The van der Waals surface area contributed by atoms with Crippen LogP contribution in [0.15, 0.2) is 81.5 Å². The summed E-state index contributed by atoms with van der Waals surface area (Å²) in [5.41, 5.74) is -1.66. The zero-order chi connectivity index (χ0) is 37.8. The maximum absolute atomic E-state index is 14.7. The molecule has 52 heavy (non-hydrogen) atoms. The van der Waals surface area contributed by atoms with Crippen LogP contribution in [0.5, 0.6) is 46.0 Å². The Labute approximate surface area is 297 Å². The van der Waals surface area contributed by atoms with E-state index in [1.807, 2.05) is 0 Å². The van der Waals surface area contributed by atoms with E-state index in [0.29, 0.717) is 5.57 Å². The van der Waals surface area contributed by atoms with Gasteiger partial charge < -0.3 is 50.4 Å². The molecule has 1 aliphatic rings. The van der Waals surface area contributed by atoms with Crippen molar-refractivity contribution in [3.05, 3.63) is 105 Å². The predicted molar refractivity (Wildman–Crippen MR) is 190 cm³/mol. The van der Waals surface area contributed by atoms with Crippen LogP contribution < -0.4 is 5.43 Å². The normalized spacial score (nSPS) is 17.6. The zero-order valence-corrected chi connectivity index (χ0v) is 28.5. The molecule has 1 aromatic heterocycles. The molecule has 0 fully saturated rings. The van der Waals surface area contributed by atoms with Crippen molar-refractivity contribution in [1.82, 2.24) is 0 Å². The van der Waals surface area contributed by atoms with Gasteiger partial charge in [0.25, 0.3) is 0 Å². The lowest BCUT2D eigenvalue weighted by molar-refractivity contribution is 0.0713. The third kappa shape index (κ3) is 6.56. The second kappa shape index (κ2) is 13.2. The molecule has 5 aromatic rings. The van der Waals surface area contributed by atoms with Crippen LogP contribution in [0, 0.1) is 5.92 Å². The first kappa shape index (κ1) is 35.7. The van der Waals surface area contributed by atoms with Crippen molar-refractivity contribution in [2.24, 2.45) is 5.92 Å². The summed E-state index contributed by atoms with van der Waals surface area (Å²) in [4.78, 5) is 29.1. The minimum Gasteiger partial charge on any atom is -0.508 e. The lowest BCUT2D eigenvalue weighted by atomic mass is 9.65. The number of ketones is 1. The molecule has 0 bridgehead atoms. The van der Waals surface area contributed by atoms with Crippen molar-refractivity contribution < 1.29 is 55.2 Å². The second-order valence-electron chi connectivity index (χ2n) is 14.0. The van der Waals surface area contributed by atoms with Crippen molar-refractivity contribution in [3.63, 3.8) is 0 Å². The second-order valence-corrected chi connectivity index (χ2v) is 14.0. The SMILES string of the molecule is CC1=C[C@H](c2c(O)cc(O)c3c(=O)c(CCC(C)(C)O)c(-c4ccc(O)cc4O)oc23)C(C(=O)c2ccc(O)cc2O)[C@H](c2ccc(O)cc2O)C1. The molecule has 9 N–H and O–H groups in total. The number of fused-ring (bicyclic) bond motifs is 1. The van der Waals surface area contributed by atoms with Crippen LogP contribution in [-0.2, 0) is 6.42 Å². The highest BCUT2D eigenvalue weighted by Gasteiger charge is 2.44. The number of aromatic hydroxyl groups is 8. The van der Waals surface area contributed by atoms with Crippen molar-refractivity contribution in [2.75, 3.05) is 0 Å². The standard InChI is InChI=1S/C40H38O12/c1-18-12-26(22-7-4-19(41)14-28(22)44)33(36(49)23-8-5-20(42)15-29(23)45)27(13-18)34-31(47)17-32(48)35-37(50)25(10-11-40(2,3)51)38(52-39(34)35)24-9-6-21(43)16-30(24)46/h4-9,13-17,26-27,33,41-48,51H,10-12H2,1-3H3/t26-,27-,33?/m0/s1. The fourth-order valence-corrected chi connectivity index (χ4v) is 7.17. The number of benzene rings is 4. The van der Waals surface area contributed by atoms with Gasteiger partial charge >= 0.3 is 0 Å². The van der Waals surface area contributed by atoms with Crippen molar-refractivity contribution >= 4 is 16.8 Å². The Morgan fingerprint density at radius 2 is 1.40 bits per heavy atom. The van der Waals surface area contributed by atoms with Crippen molar-refractivity contribution in [3.8, 4) is 57.3 Å². The summed E-state index contributed by atoms with van der Waals surface area (Å²) in [5.74, 6) is -7.38. The van der Waals surface area contributed by atoms with E-state index in [4.69, 9.17) is 4.42 Å². The number of phenols is 8. The highest BCUT2D eigenvalue weighted by molar-refractivity contribution is 6.02. The first-order valence-corrected chi connectivity index (χ1v) is 16.5. The van der Waals surface area contributed by atoms with E-state index >= 15 is 0 Å². The van der Waals surface area contributed by atoms with E-state index in [1.165, 1.54) is 36.4 Å². The third-order valence-electron chi connectivity index (χ3n) is 9.59. The first-order chi connectivity index (χ1) is 24.4. The zero-order valence-electron chi connectivity index (χ0n) is 28.5. The number of hydrogen-bond donors (Lipinski definition) is 9. The van der Waals surface area contributed by atoms with Crippen molar-refractivity contribution in [1.29, 1.82) is 0 Å². The highest BCUT2D eigenvalue weighted by Crippen LogP contribution is 2.53. The van der Waals surface area contributed by atoms with Gasteiger partial charge in [0, 0.05) is 53.1 Å². The van der Waals surface area contributed by atoms with Crippen LogP contribution in [0.3, 0.4) is 0 Å². The van der Waals surface area contributed by atoms with Gasteiger partial charge in [-0.1, -0.05) is 17.7 Å². The fraction of sp³-hybridized carbons (Fsp3) is 0.250. The number of allylic oxidation sites excluding steroid dienone is 2. The van der Waals surface area contributed by atoms with Gasteiger partial charge in [-0.2, -0.15) is 0 Å². The summed E-state index contributed by atoms with van der Waals surface area (Å²) in [6.07, 6.45) is 1.88. The summed E-state index contributed by atoms with van der Waals surface area (Å²) in [6, 6.07) is 12.0. The molecule has 1 aliphatic carbocycles. The topological polar surface area (TPSA) is 229 Å². The average Bonchev–Trinajstić information content (AvgIpc) is 3.03. The number of aliphatic hydroxyl groups is 1. The van der Waals surface area contributed by atoms with Crippen molar-refractivity contribution in [2.45, 2.75) is 57.5 Å². The van der Waals surface area contributed by atoms with Gasteiger partial charge in [0.05, 0.1) is 16.7 Å². The molecule has 12 nitrogen and oxygen atoms in total. The molecule has 4 aromatic carbocycles. The Morgan fingerprint density at radius 1 is 0.788 bits per heavy atom. The molecule has 12 heteroatoms. The highest BCUT2D eigenvalue weighted by atomic mass is 16.3. The molecule has 0 saturated carbocycles. The molecule has 3 atom stereocenters. The van der Waals surface area contributed by atoms with Crippen LogP contribution in [0.4, 0.5) is 0 Å². The lowest BCUT2D eigenvalue weighted by Gasteiger charge is -2.37. The number of hydrogen-bond acceptors (Lipinski definition) is 12. The minimum atomic E-state index is -1.24. The average molecular weight is 711 g/mol. The molecule has 0 amide bonds. The van der Waals surface area contributed by atoms with Gasteiger partial charge in [0.2, 0.25) is 0 Å². The Morgan fingerprint density at radius 3 is 2.02 bits per heavy atom. The molecular weight excluding hydrogens is 672 g/mol. The van der Waals surface area contributed by atoms with Gasteiger partial charge in [-0.3, -0.25) is 9.59 Å². The van der Waals surface area contributed by atoms with Gasteiger partial charge in [-0.25, -0.2) is 0 Å². The Kier molecular flexibility index (Phi) is 9.06. The first-order valence-electron chi connectivity index (χ1n) is 16.5. The molecule has 0 saturated heterocycles. The van der Waals surface area contributed by atoms with Gasteiger partial charge in [0.15, 0.2) is 11.2 Å². The van der Waals surface area contributed by atoms with E-state index < -0.39 is 57.6 Å². The molecule has 0 aliphatic heterocycles. The van der Waals surface area contributed by atoms with E-state index in [9.17, 15) is 55.5 Å². The fourth-order valence-electron chi connectivity index (χ4n) is 7.17.